The number of hydrogen-bond donors (Lipinski definition) is 3. The smallest absolute Gasteiger partial charge is 0.230 e. The minimum atomic E-state index is -0.341. The second-order valence-electron chi connectivity index (χ2n) is 5.29. The summed E-state index contributed by atoms with van der Waals surface area (Å²) < 4.78 is 0. The van der Waals surface area contributed by atoms with Crippen LogP contribution in [-0.2, 0) is 4.79 Å². The van der Waals surface area contributed by atoms with Gasteiger partial charge >= 0.3 is 0 Å². The summed E-state index contributed by atoms with van der Waals surface area (Å²) in [5, 5.41) is 16.7. The third kappa shape index (κ3) is 4.44. The number of piperidine rings is 1. The van der Waals surface area contributed by atoms with Crippen LogP contribution in [0.3, 0.4) is 0 Å². The summed E-state index contributed by atoms with van der Waals surface area (Å²) in [7, 11) is 0. The lowest BCUT2D eigenvalue weighted by atomic mass is 9.93. The predicted octanol–water partition coefficient (Wildman–Crippen LogP) is 0.891. The first kappa shape index (κ1) is 14.2. The molecule has 1 saturated heterocycles. The van der Waals surface area contributed by atoms with Crippen LogP contribution in [0.25, 0.3) is 0 Å². The van der Waals surface area contributed by atoms with Gasteiger partial charge in [0, 0.05) is 5.25 Å². The highest BCUT2D eigenvalue weighted by Gasteiger charge is 2.24. The third-order valence-electron chi connectivity index (χ3n) is 3.81. The molecule has 0 bridgehead atoms. The average molecular weight is 272 g/mol. The zero-order valence-electron chi connectivity index (χ0n) is 10.9. The van der Waals surface area contributed by atoms with Gasteiger partial charge in [0.25, 0.3) is 0 Å². The first-order chi connectivity index (χ1) is 8.75. The van der Waals surface area contributed by atoms with Crippen LogP contribution in [0.2, 0.25) is 0 Å². The molecule has 18 heavy (non-hydrogen) atoms. The van der Waals surface area contributed by atoms with Crippen molar-refractivity contribution in [1.29, 1.82) is 0 Å². The Labute approximate surface area is 113 Å². The van der Waals surface area contributed by atoms with E-state index in [4.69, 9.17) is 0 Å². The van der Waals surface area contributed by atoms with Gasteiger partial charge in [-0.15, -0.1) is 11.8 Å². The van der Waals surface area contributed by atoms with Crippen molar-refractivity contribution in [2.24, 2.45) is 0 Å². The van der Waals surface area contributed by atoms with Crippen LogP contribution in [0.15, 0.2) is 0 Å². The number of carbonyl (C=O) groups is 1. The van der Waals surface area contributed by atoms with Gasteiger partial charge in [0.2, 0.25) is 5.91 Å². The Morgan fingerprint density at radius 1 is 1.22 bits per heavy atom. The quantitative estimate of drug-likeness (QED) is 0.711. The normalized spacial score (nSPS) is 30.1. The molecule has 2 fully saturated rings. The number of rotatable bonds is 4. The van der Waals surface area contributed by atoms with E-state index in [0.717, 1.165) is 51.6 Å². The van der Waals surface area contributed by atoms with E-state index in [1.807, 2.05) is 0 Å². The van der Waals surface area contributed by atoms with Crippen molar-refractivity contribution in [2.75, 3.05) is 18.8 Å². The molecule has 1 aliphatic heterocycles. The second kappa shape index (κ2) is 7.36. The van der Waals surface area contributed by atoms with Crippen molar-refractivity contribution in [3.8, 4) is 0 Å². The Balaban J connectivity index is 1.64. The summed E-state index contributed by atoms with van der Waals surface area (Å²) in [6.45, 7) is 2.14. The van der Waals surface area contributed by atoms with E-state index in [-0.39, 0.29) is 18.1 Å². The highest BCUT2D eigenvalue weighted by Crippen LogP contribution is 2.21. The number of aliphatic hydroxyl groups excluding tert-OH is 1. The molecule has 2 rings (SSSR count). The molecule has 0 radical (unpaired) electrons. The lowest BCUT2D eigenvalue weighted by Crippen LogP contribution is -2.45. The summed E-state index contributed by atoms with van der Waals surface area (Å²) in [4.78, 5) is 11.8. The molecule has 4 nitrogen and oxygen atoms in total. The topological polar surface area (TPSA) is 61.4 Å². The maximum atomic E-state index is 11.8. The van der Waals surface area contributed by atoms with E-state index < -0.39 is 0 Å². The molecule has 3 N–H and O–H groups in total. The van der Waals surface area contributed by atoms with Gasteiger partial charge in [0.1, 0.15) is 0 Å². The van der Waals surface area contributed by atoms with Gasteiger partial charge in [-0.25, -0.2) is 0 Å². The number of aliphatic hydroxyl groups is 1. The van der Waals surface area contributed by atoms with Crippen LogP contribution < -0.4 is 10.6 Å². The van der Waals surface area contributed by atoms with Gasteiger partial charge in [-0.05, 0) is 38.8 Å². The van der Waals surface area contributed by atoms with Gasteiger partial charge in [-0.3, -0.25) is 4.79 Å². The van der Waals surface area contributed by atoms with Gasteiger partial charge < -0.3 is 15.7 Å². The molecule has 104 valence electrons. The zero-order chi connectivity index (χ0) is 12.8. The molecule has 0 aromatic carbocycles. The third-order valence-corrected chi connectivity index (χ3v) is 5.18. The summed E-state index contributed by atoms with van der Waals surface area (Å²) in [6.07, 6.45) is 5.91. The molecule has 1 saturated carbocycles. The monoisotopic (exact) mass is 272 g/mol. The Bertz CT molecular complexity index is 270. The van der Waals surface area contributed by atoms with Crippen molar-refractivity contribution < 1.29 is 9.90 Å². The highest BCUT2D eigenvalue weighted by molar-refractivity contribution is 8.00. The van der Waals surface area contributed by atoms with Gasteiger partial charge in [-0.1, -0.05) is 12.8 Å². The molecule has 2 unspecified atom stereocenters. The van der Waals surface area contributed by atoms with Crippen LogP contribution in [0, 0.1) is 0 Å². The predicted molar refractivity (Wildman–Crippen MR) is 74.8 cm³/mol. The molecule has 2 atom stereocenters. The molecule has 1 amide bonds. The number of hydrogen-bond acceptors (Lipinski definition) is 4. The van der Waals surface area contributed by atoms with Crippen molar-refractivity contribution in [2.45, 2.75) is 55.9 Å². The van der Waals surface area contributed by atoms with E-state index in [0.29, 0.717) is 11.0 Å². The molecule has 1 heterocycles. The first-order valence-corrected chi connectivity index (χ1v) is 8.10. The largest absolute Gasteiger partial charge is 0.391 e. The Hall–Kier alpha value is -0.260. The van der Waals surface area contributed by atoms with E-state index in [1.54, 1.807) is 11.8 Å². The van der Waals surface area contributed by atoms with Crippen LogP contribution in [0.1, 0.15) is 38.5 Å². The summed E-state index contributed by atoms with van der Waals surface area (Å²) in [6, 6.07) is -0.0140. The number of thioether (sulfide) groups is 1. The van der Waals surface area contributed by atoms with E-state index in [1.165, 1.54) is 0 Å². The zero-order valence-corrected chi connectivity index (χ0v) is 11.7. The minimum absolute atomic E-state index is 0.0140. The molecule has 0 aromatic heterocycles. The molecule has 0 spiro atoms. The van der Waals surface area contributed by atoms with Crippen LogP contribution in [-0.4, -0.2) is 47.3 Å². The van der Waals surface area contributed by atoms with Crippen LogP contribution >= 0.6 is 11.8 Å². The molecular formula is C13H24N2O2S. The number of amides is 1. The summed E-state index contributed by atoms with van der Waals surface area (Å²) in [5.41, 5.74) is 0. The average Bonchev–Trinajstić information content (AvgIpc) is 2.40. The van der Waals surface area contributed by atoms with Crippen molar-refractivity contribution in [1.82, 2.24) is 10.6 Å². The van der Waals surface area contributed by atoms with E-state index >= 15 is 0 Å². The molecule has 0 aromatic rings. The summed E-state index contributed by atoms with van der Waals surface area (Å²) in [5.74, 6) is 0.623. The van der Waals surface area contributed by atoms with Crippen molar-refractivity contribution in [3.63, 3.8) is 0 Å². The highest BCUT2D eigenvalue weighted by atomic mass is 32.2. The Kier molecular flexibility index (Phi) is 5.79. The molecule has 2 aliphatic rings. The first-order valence-electron chi connectivity index (χ1n) is 7.05. The van der Waals surface area contributed by atoms with Crippen molar-refractivity contribution in [3.05, 3.63) is 0 Å². The second-order valence-corrected chi connectivity index (χ2v) is 6.57. The fraction of sp³-hybridized carbons (Fsp3) is 0.923. The lowest BCUT2D eigenvalue weighted by molar-refractivity contribution is -0.120. The fourth-order valence-electron chi connectivity index (χ4n) is 2.68. The van der Waals surface area contributed by atoms with Gasteiger partial charge in [-0.2, -0.15) is 0 Å². The van der Waals surface area contributed by atoms with Crippen LogP contribution in [0.5, 0.6) is 0 Å². The maximum Gasteiger partial charge on any atom is 0.230 e. The molecular weight excluding hydrogens is 248 g/mol. The van der Waals surface area contributed by atoms with Gasteiger partial charge in [0.15, 0.2) is 0 Å². The van der Waals surface area contributed by atoms with E-state index in [2.05, 4.69) is 10.6 Å². The lowest BCUT2D eigenvalue weighted by Gasteiger charge is -2.28. The molecule has 5 heteroatoms. The minimum Gasteiger partial charge on any atom is -0.391 e. The summed E-state index contributed by atoms with van der Waals surface area (Å²) >= 11 is 1.76. The SMILES string of the molecule is O=C(CSC1CCNCC1)NC1CCCCC1O. The van der Waals surface area contributed by atoms with Crippen molar-refractivity contribution >= 4 is 17.7 Å². The number of carbonyl (C=O) groups excluding carboxylic acids is 1. The standard InChI is InChI=1S/C13H24N2O2S/c16-12-4-2-1-3-11(12)15-13(17)9-18-10-5-7-14-8-6-10/h10-12,14,16H,1-9H2,(H,15,17). The van der Waals surface area contributed by atoms with Crippen LogP contribution in [0.4, 0.5) is 0 Å². The Morgan fingerprint density at radius 3 is 2.67 bits per heavy atom. The maximum absolute atomic E-state index is 11.8. The van der Waals surface area contributed by atoms with E-state index in [9.17, 15) is 9.90 Å². The fourth-order valence-corrected chi connectivity index (χ4v) is 3.72. The number of nitrogens with one attached hydrogen (secondary N) is 2. The van der Waals surface area contributed by atoms with Gasteiger partial charge in [0.05, 0.1) is 17.9 Å². The Morgan fingerprint density at radius 2 is 1.94 bits per heavy atom. The molecule has 1 aliphatic carbocycles.